The number of carbonyl (C=O) groups is 1. The summed E-state index contributed by atoms with van der Waals surface area (Å²) in [4.78, 5) is 12.6. The average molecular weight is 248 g/mol. The Hall–Kier alpha value is -1.35. The number of fused-ring (bicyclic) bond motifs is 1. The third-order valence-corrected chi connectivity index (χ3v) is 3.58. The summed E-state index contributed by atoms with van der Waals surface area (Å²) in [7, 11) is 0. The summed E-state index contributed by atoms with van der Waals surface area (Å²) in [5, 5.41) is 0. The van der Waals surface area contributed by atoms with Gasteiger partial charge in [0.05, 0.1) is 12.2 Å². The second-order valence-corrected chi connectivity index (χ2v) is 4.74. The number of hydrogen-bond donors (Lipinski definition) is 0. The molecule has 2 rings (SSSR count). The summed E-state index contributed by atoms with van der Waals surface area (Å²) in [5.41, 5.74) is 1.02. The molecule has 1 aliphatic rings. The molecular weight excluding hydrogens is 228 g/mol. The minimum atomic E-state index is -0.754. The van der Waals surface area contributed by atoms with E-state index in [-0.39, 0.29) is 5.78 Å². The number of ether oxygens (including phenoxy) is 2. The van der Waals surface area contributed by atoms with Crippen LogP contribution in [0, 0.1) is 0 Å². The van der Waals surface area contributed by atoms with Gasteiger partial charge >= 0.3 is 0 Å². The van der Waals surface area contributed by atoms with Gasteiger partial charge < -0.3 is 9.47 Å². The van der Waals surface area contributed by atoms with Gasteiger partial charge in [-0.25, -0.2) is 0 Å². The van der Waals surface area contributed by atoms with Crippen molar-refractivity contribution < 1.29 is 14.3 Å². The van der Waals surface area contributed by atoms with Crippen LogP contribution in [0.15, 0.2) is 18.2 Å². The van der Waals surface area contributed by atoms with E-state index in [4.69, 9.17) is 9.47 Å². The highest BCUT2D eigenvalue weighted by atomic mass is 16.5. The number of carbonyl (C=O) groups excluding carboxylic acids is 1. The van der Waals surface area contributed by atoms with Crippen LogP contribution in [0.5, 0.6) is 5.75 Å². The molecule has 1 heterocycles. The first-order valence-electron chi connectivity index (χ1n) is 6.56. The molecule has 18 heavy (non-hydrogen) atoms. The van der Waals surface area contributed by atoms with Crippen LogP contribution in [0.1, 0.15) is 43.1 Å². The fraction of sp³-hybridized carbons (Fsp3) is 0.533. The van der Waals surface area contributed by atoms with E-state index < -0.39 is 5.60 Å². The zero-order valence-corrected chi connectivity index (χ0v) is 11.3. The van der Waals surface area contributed by atoms with E-state index in [0.29, 0.717) is 25.2 Å². The van der Waals surface area contributed by atoms with Crippen LogP contribution in [0.2, 0.25) is 0 Å². The van der Waals surface area contributed by atoms with Gasteiger partial charge in [-0.2, -0.15) is 0 Å². The Morgan fingerprint density at radius 3 is 2.89 bits per heavy atom. The molecule has 0 saturated heterocycles. The quantitative estimate of drug-likeness (QED) is 0.751. The summed E-state index contributed by atoms with van der Waals surface area (Å²) in [6.07, 6.45) is 1.54. The van der Waals surface area contributed by atoms with Crippen LogP contribution >= 0.6 is 0 Å². The van der Waals surface area contributed by atoms with Crippen LogP contribution in [0.3, 0.4) is 0 Å². The van der Waals surface area contributed by atoms with E-state index in [0.717, 1.165) is 17.7 Å². The number of Topliss-reactive ketones (excluding diaryl/α,β-unsaturated/α-hetero) is 1. The Morgan fingerprint density at radius 1 is 1.44 bits per heavy atom. The van der Waals surface area contributed by atoms with Crippen molar-refractivity contribution in [3.63, 3.8) is 0 Å². The highest BCUT2D eigenvalue weighted by Crippen LogP contribution is 2.33. The summed E-state index contributed by atoms with van der Waals surface area (Å²) in [6, 6.07) is 5.77. The normalized spacial score (nSPS) is 16.8. The minimum absolute atomic E-state index is 0.0191. The van der Waals surface area contributed by atoms with E-state index in [1.807, 2.05) is 39.0 Å². The van der Waals surface area contributed by atoms with E-state index in [1.165, 1.54) is 0 Å². The average Bonchev–Trinajstić information content (AvgIpc) is 2.86. The minimum Gasteiger partial charge on any atom is -0.492 e. The molecule has 1 aromatic carbocycles. The smallest absolute Gasteiger partial charge is 0.198 e. The maximum absolute atomic E-state index is 12.6. The summed E-state index contributed by atoms with van der Waals surface area (Å²) in [5.74, 6) is 0.771. The van der Waals surface area contributed by atoms with E-state index in [9.17, 15) is 4.79 Å². The SMILES string of the molecule is CCOC(C)(CC)C(=O)c1cccc2c1OCC2. The highest BCUT2D eigenvalue weighted by Gasteiger charge is 2.35. The number of ketones is 1. The Bertz CT molecular complexity index is 453. The Balaban J connectivity index is 2.37. The van der Waals surface area contributed by atoms with Crippen LogP contribution in [-0.4, -0.2) is 24.6 Å². The third kappa shape index (κ3) is 2.15. The lowest BCUT2D eigenvalue weighted by molar-refractivity contribution is -0.0117. The maximum Gasteiger partial charge on any atom is 0.198 e. The fourth-order valence-corrected chi connectivity index (χ4v) is 2.33. The first kappa shape index (κ1) is 13.1. The number of benzene rings is 1. The van der Waals surface area contributed by atoms with Crippen molar-refractivity contribution in [2.24, 2.45) is 0 Å². The molecule has 0 N–H and O–H groups in total. The predicted octanol–water partition coefficient (Wildman–Crippen LogP) is 3.01. The lowest BCUT2D eigenvalue weighted by atomic mass is 9.90. The number of para-hydroxylation sites is 1. The van der Waals surface area contributed by atoms with E-state index in [1.54, 1.807) is 0 Å². The topological polar surface area (TPSA) is 35.5 Å². The van der Waals surface area contributed by atoms with Gasteiger partial charge in [0, 0.05) is 13.0 Å². The van der Waals surface area contributed by atoms with Crippen molar-refractivity contribution in [3.8, 4) is 5.75 Å². The van der Waals surface area contributed by atoms with Crippen LogP contribution in [0.25, 0.3) is 0 Å². The standard InChI is InChI=1S/C15H20O3/c1-4-15(3,18-5-2)14(16)12-8-6-7-11-9-10-17-13(11)12/h6-8H,4-5,9-10H2,1-3H3. The van der Waals surface area contributed by atoms with Crippen molar-refractivity contribution in [3.05, 3.63) is 29.3 Å². The zero-order valence-electron chi connectivity index (χ0n) is 11.3. The van der Waals surface area contributed by atoms with Gasteiger partial charge in [-0.15, -0.1) is 0 Å². The monoisotopic (exact) mass is 248 g/mol. The lowest BCUT2D eigenvalue weighted by Crippen LogP contribution is -2.38. The molecule has 98 valence electrons. The second-order valence-electron chi connectivity index (χ2n) is 4.74. The van der Waals surface area contributed by atoms with Crippen molar-refractivity contribution in [2.75, 3.05) is 13.2 Å². The summed E-state index contributed by atoms with van der Waals surface area (Å²) < 4.78 is 11.2. The van der Waals surface area contributed by atoms with E-state index in [2.05, 4.69) is 0 Å². The first-order chi connectivity index (χ1) is 8.62. The molecule has 1 aliphatic heterocycles. The molecule has 1 unspecified atom stereocenters. The van der Waals surface area contributed by atoms with Crippen molar-refractivity contribution >= 4 is 5.78 Å². The van der Waals surface area contributed by atoms with E-state index >= 15 is 0 Å². The molecule has 3 heteroatoms. The molecule has 0 spiro atoms. The van der Waals surface area contributed by atoms with Gasteiger partial charge in [-0.1, -0.05) is 19.1 Å². The zero-order chi connectivity index (χ0) is 13.2. The third-order valence-electron chi connectivity index (χ3n) is 3.58. The van der Waals surface area contributed by atoms with Gasteiger partial charge in [-0.3, -0.25) is 4.79 Å². The van der Waals surface area contributed by atoms with Gasteiger partial charge in [0.15, 0.2) is 5.78 Å². The Labute approximate surface area is 108 Å². The molecule has 0 bridgehead atoms. The predicted molar refractivity (Wildman–Crippen MR) is 70.3 cm³/mol. The molecule has 1 aromatic rings. The molecular formula is C15H20O3. The van der Waals surface area contributed by atoms with Crippen molar-refractivity contribution in [2.45, 2.75) is 39.2 Å². The van der Waals surface area contributed by atoms with Crippen molar-refractivity contribution in [1.29, 1.82) is 0 Å². The van der Waals surface area contributed by atoms with Gasteiger partial charge in [0.2, 0.25) is 0 Å². The van der Waals surface area contributed by atoms with Crippen LogP contribution in [-0.2, 0) is 11.2 Å². The number of hydrogen-bond acceptors (Lipinski definition) is 3. The molecule has 0 saturated carbocycles. The van der Waals surface area contributed by atoms with Crippen molar-refractivity contribution in [1.82, 2.24) is 0 Å². The molecule has 1 atom stereocenters. The fourth-order valence-electron chi connectivity index (χ4n) is 2.33. The second kappa shape index (κ2) is 5.11. The molecule has 0 amide bonds. The Kier molecular flexibility index (Phi) is 3.71. The summed E-state index contributed by atoms with van der Waals surface area (Å²) in [6.45, 7) is 6.93. The van der Waals surface area contributed by atoms with Gasteiger partial charge in [0.1, 0.15) is 11.4 Å². The molecule has 0 radical (unpaired) electrons. The number of rotatable bonds is 5. The maximum atomic E-state index is 12.6. The van der Waals surface area contributed by atoms with Crippen LogP contribution in [0.4, 0.5) is 0 Å². The largest absolute Gasteiger partial charge is 0.492 e. The molecule has 0 fully saturated rings. The molecule has 0 aliphatic carbocycles. The van der Waals surface area contributed by atoms with Crippen LogP contribution < -0.4 is 4.74 Å². The lowest BCUT2D eigenvalue weighted by Gasteiger charge is -2.27. The Morgan fingerprint density at radius 2 is 2.22 bits per heavy atom. The molecule has 3 nitrogen and oxygen atoms in total. The van der Waals surface area contributed by atoms with Gasteiger partial charge in [0.25, 0.3) is 0 Å². The highest BCUT2D eigenvalue weighted by molar-refractivity contribution is 6.04. The van der Waals surface area contributed by atoms with Gasteiger partial charge in [-0.05, 0) is 31.9 Å². The first-order valence-corrected chi connectivity index (χ1v) is 6.56. The molecule has 0 aromatic heterocycles. The summed E-state index contributed by atoms with van der Waals surface area (Å²) >= 11 is 0.